The number of carbonyl (C=O) groups is 1. The number of nitrogens with one attached hydrogen (secondary N) is 1. The summed E-state index contributed by atoms with van der Waals surface area (Å²) in [5, 5.41) is 2.97. The van der Waals surface area contributed by atoms with Crippen LogP contribution in [0.2, 0.25) is 0 Å². The fraction of sp³-hybridized carbons (Fsp3) is 0.533. The highest BCUT2D eigenvalue weighted by Gasteiger charge is 2.11. The number of hydrogen-bond acceptors (Lipinski definition) is 2. The zero-order valence-corrected chi connectivity index (χ0v) is 11.0. The molecule has 3 nitrogen and oxygen atoms in total. The van der Waals surface area contributed by atoms with Crippen molar-refractivity contribution in [3.63, 3.8) is 0 Å². The minimum absolute atomic E-state index is 0.0913. The van der Waals surface area contributed by atoms with Crippen molar-refractivity contribution in [2.45, 2.75) is 51.5 Å². The van der Waals surface area contributed by atoms with Crippen molar-refractivity contribution in [2.75, 3.05) is 5.32 Å². The lowest BCUT2D eigenvalue weighted by Gasteiger charge is -2.08. The van der Waals surface area contributed by atoms with Crippen LogP contribution in [0.25, 0.3) is 0 Å². The number of aryl methyl sites for hydroxylation is 2. The quantitative estimate of drug-likeness (QED) is 0.839. The number of amides is 1. The van der Waals surface area contributed by atoms with Gasteiger partial charge in [0, 0.05) is 18.2 Å². The number of anilines is 1. The number of carbonyl (C=O) groups excluding carboxylic acids is 1. The van der Waals surface area contributed by atoms with Crippen LogP contribution >= 0.6 is 0 Å². The third-order valence-electron chi connectivity index (χ3n) is 3.45. The van der Waals surface area contributed by atoms with Crippen LogP contribution in [0.4, 0.5) is 5.69 Å². The molecule has 0 heterocycles. The van der Waals surface area contributed by atoms with Gasteiger partial charge in [0.2, 0.25) is 5.91 Å². The molecule has 1 atom stereocenters. The van der Waals surface area contributed by atoms with Gasteiger partial charge < -0.3 is 11.1 Å². The molecule has 1 aromatic rings. The summed E-state index contributed by atoms with van der Waals surface area (Å²) in [7, 11) is 0. The van der Waals surface area contributed by atoms with Crippen LogP contribution in [0.3, 0.4) is 0 Å². The first-order chi connectivity index (χ1) is 8.65. The van der Waals surface area contributed by atoms with E-state index in [0.717, 1.165) is 24.9 Å². The first-order valence-electron chi connectivity index (χ1n) is 6.82. The van der Waals surface area contributed by atoms with Gasteiger partial charge in [-0.15, -0.1) is 0 Å². The number of rotatable bonds is 5. The molecule has 2 rings (SSSR count). The molecule has 3 N–H and O–H groups in total. The van der Waals surface area contributed by atoms with E-state index in [9.17, 15) is 4.79 Å². The molecule has 1 unspecified atom stereocenters. The largest absolute Gasteiger partial charge is 0.328 e. The van der Waals surface area contributed by atoms with E-state index in [4.69, 9.17) is 5.73 Å². The smallest absolute Gasteiger partial charge is 0.224 e. The maximum absolute atomic E-state index is 11.7. The molecular weight excluding hydrogens is 224 g/mol. The topological polar surface area (TPSA) is 55.1 Å². The fourth-order valence-corrected chi connectivity index (χ4v) is 2.46. The van der Waals surface area contributed by atoms with Crippen molar-refractivity contribution in [2.24, 2.45) is 5.73 Å². The number of nitrogens with two attached hydrogens (primary N) is 1. The lowest BCUT2D eigenvalue weighted by molar-refractivity contribution is -0.116. The van der Waals surface area contributed by atoms with Crippen molar-refractivity contribution in [3.8, 4) is 0 Å². The SMILES string of the molecule is CC(N)CCCC(=O)Nc1ccc2c(c1)CCC2. The molecule has 98 valence electrons. The highest BCUT2D eigenvalue weighted by molar-refractivity contribution is 5.90. The molecule has 1 aliphatic carbocycles. The third-order valence-corrected chi connectivity index (χ3v) is 3.45. The van der Waals surface area contributed by atoms with Gasteiger partial charge in [-0.25, -0.2) is 0 Å². The van der Waals surface area contributed by atoms with Crippen molar-refractivity contribution in [3.05, 3.63) is 29.3 Å². The third kappa shape index (κ3) is 3.57. The van der Waals surface area contributed by atoms with Crippen LogP contribution in [0.1, 0.15) is 43.7 Å². The van der Waals surface area contributed by atoms with Gasteiger partial charge in [-0.05, 0) is 62.3 Å². The zero-order valence-electron chi connectivity index (χ0n) is 11.0. The number of benzene rings is 1. The standard InChI is InChI=1S/C15H22N2O/c1-11(16)4-2-7-15(18)17-14-9-8-12-5-3-6-13(12)10-14/h8-11H,2-7,16H2,1H3,(H,17,18). The van der Waals surface area contributed by atoms with Crippen LogP contribution in [0, 0.1) is 0 Å². The van der Waals surface area contributed by atoms with E-state index in [2.05, 4.69) is 17.4 Å². The molecule has 0 radical (unpaired) electrons. The fourth-order valence-electron chi connectivity index (χ4n) is 2.46. The lowest BCUT2D eigenvalue weighted by Crippen LogP contribution is -2.16. The summed E-state index contributed by atoms with van der Waals surface area (Å²) in [6, 6.07) is 6.44. The summed E-state index contributed by atoms with van der Waals surface area (Å²) in [6.45, 7) is 1.97. The Morgan fingerprint density at radius 1 is 1.39 bits per heavy atom. The Kier molecular flexibility index (Phi) is 4.37. The Balaban J connectivity index is 1.84. The predicted octanol–water partition coefficient (Wildman–Crippen LogP) is 2.63. The molecule has 0 aromatic heterocycles. The van der Waals surface area contributed by atoms with Crippen LogP contribution in [0.15, 0.2) is 18.2 Å². The number of hydrogen-bond donors (Lipinski definition) is 2. The van der Waals surface area contributed by atoms with Gasteiger partial charge in [-0.3, -0.25) is 4.79 Å². The van der Waals surface area contributed by atoms with Crippen LogP contribution < -0.4 is 11.1 Å². The summed E-state index contributed by atoms with van der Waals surface area (Å²) in [5.41, 5.74) is 9.42. The molecule has 0 bridgehead atoms. The molecule has 0 fully saturated rings. The summed E-state index contributed by atoms with van der Waals surface area (Å²) in [6.07, 6.45) is 5.87. The maximum atomic E-state index is 11.7. The van der Waals surface area contributed by atoms with Crippen molar-refractivity contribution in [1.82, 2.24) is 0 Å². The second-order valence-corrected chi connectivity index (χ2v) is 5.25. The molecule has 0 saturated heterocycles. The van der Waals surface area contributed by atoms with E-state index >= 15 is 0 Å². The predicted molar refractivity (Wildman–Crippen MR) is 74.6 cm³/mol. The van der Waals surface area contributed by atoms with E-state index in [1.165, 1.54) is 24.0 Å². The Bertz CT molecular complexity index is 427. The van der Waals surface area contributed by atoms with E-state index in [0.29, 0.717) is 6.42 Å². The van der Waals surface area contributed by atoms with Crippen molar-refractivity contribution in [1.29, 1.82) is 0 Å². The minimum atomic E-state index is 0.0913. The number of fused-ring (bicyclic) bond motifs is 1. The van der Waals surface area contributed by atoms with Gasteiger partial charge in [0.1, 0.15) is 0 Å². The van der Waals surface area contributed by atoms with Crippen LogP contribution in [-0.4, -0.2) is 11.9 Å². The summed E-state index contributed by atoms with van der Waals surface area (Å²) in [5.74, 6) is 0.0913. The van der Waals surface area contributed by atoms with Crippen molar-refractivity contribution >= 4 is 11.6 Å². The highest BCUT2D eigenvalue weighted by Crippen LogP contribution is 2.24. The Morgan fingerprint density at radius 2 is 2.17 bits per heavy atom. The molecule has 0 saturated carbocycles. The van der Waals surface area contributed by atoms with Gasteiger partial charge in [-0.1, -0.05) is 6.07 Å². The Hall–Kier alpha value is -1.35. The molecule has 1 aromatic carbocycles. The molecule has 3 heteroatoms. The van der Waals surface area contributed by atoms with Gasteiger partial charge in [0.25, 0.3) is 0 Å². The van der Waals surface area contributed by atoms with E-state index in [-0.39, 0.29) is 11.9 Å². The average molecular weight is 246 g/mol. The van der Waals surface area contributed by atoms with Crippen LogP contribution in [-0.2, 0) is 17.6 Å². The molecule has 0 aliphatic heterocycles. The average Bonchev–Trinajstić information content (AvgIpc) is 2.75. The Labute approximate surface area is 109 Å². The highest BCUT2D eigenvalue weighted by atomic mass is 16.1. The van der Waals surface area contributed by atoms with Gasteiger partial charge in [-0.2, -0.15) is 0 Å². The second-order valence-electron chi connectivity index (χ2n) is 5.25. The van der Waals surface area contributed by atoms with Gasteiger partial charge in [0.05, 0.1) is 0 Å². The van der Waals surface area contributed by atoms with Crippen LogP contribution in [0.5, 0.6) is 0 Å². The Morgan fingerprint density at radius 3 is 2.94 bits per heavy atom. The summed E-state index contributed by atoms with van der Waals surface area (Å²) < 4.78 is 0. The first kappa shape index (κ1) is 13.1. The lowest BCUT2D eigenvalue weighted by atomic mass is 10.1. The zero-order chi connectivity index (χ0) is 13.0. The summed E-state index contributed by atoms with van der Waals surface area (Å²) in [4.78, 5) is 11.7. The van der Waals surface area contributed by atoms with Crippen molar-refractivity contribution < 1.29 is 4.79 Å². The molecule has 1 amide bonds. The first-order valence-corrected chi connectivity index (χ1v) is 6.82. The van der Waals surface area contributed by atoms with E-state index < -0.39 is 0 Å². The normalized spacial score (nSPS) is 15.2. The van der Waals surface area contributed by atoms with E-state index in [1.54, 1.807) is 0 Å². The van der Waals surface area contributed by atoms with Gasteiger partial charge >= 0.3 is 0 Å². The molecular formula is C15H22N2O. The maximum Gasteiger partial charge on any atom is 0.224 e. The minimum Gasteiger partial charge on any atom is -0.328 e. The summed E-state index contributed by atoms with van der Waals surface area (Å²) >= 11 is 0. The van der Waals surface area contributed by atoms with E-state index in [1.807, 2.05) is 13.0 Å². The van der Waals surface area contributed by atoms with Gasteiger partial charge in [0.15, 0.2) is 0 Å². The monoisotopic (exact) mass is 246 g/mol. The molecule has 0 spiro atoms. The molecule has 1 aliphatic rings. The second kappa shape index (κ2) is 6.01. The molecule has 18 heavy (non-hydrogen) atoms.